The lowest BCUT2D eigenvalue weighted by atomic mass is 10.2. The minimum absolute atomic E-state index is 0.579. The zero-order valence-corrected chi connectivity index (χ0v) is 11.8. The van der Waals surface area contributed by atoms with Crippen molar-refractivity contribution in [2.24, 2.45) is 0 Å². The molecule has 88 valence electrons. The minimum atomic E-state index is 0.579. The summed E-state index contributed by atoms with van der Waals surface area (Å²) in [5.74, 6) is 0. The molecule has 0 aromatic heterocycles. The van der Waals surface area contributed by atoms with E-state index < -0.39 is 0 Å². The van der Waals surface area contributed by atoms with Crippen molar-refractivity contribution in [2.75, 3.05) is 11.1 Å². The van der Waals surface area contributed by atoms with Crippen LogP contribution in [0.2, 0.25) is 10.0 Å². The fourth-order valence-electron chi connectivity index (χ4n) is 1.43. The molecular formula is C12H9BrCl2N2. The summed E-state index contributed by atoms with van der Waals surface area (Å²) in [5, 5.41) is 4.33. The van der Waals surface area contributed by atoms with Crippen LogP contribution < -0.4 is 11.1 Å². The molecule has 17 heavy (non-hydrogen) atoms. The molecule has 2 aromatic rings. The first-order chi connectivity index (χ1) is 8.04. The molecule has 0 atom stereocenters. The first kappa shape index (κ1) is 12.6. The number of nitrogens with two attached hydrogens (primary N) is 1. The molecule has 2 nitrogen and oxygen atoms in total. The lowest BCUT2D eigenvalue weighted by Crippen LogP contribution is -1.96. The van der Waals surface area contributed by atoms with Crippen molar-refractivity contribution in [1.29, 1.82) is 0 Å². The molecule has 0 aliphatic carbocycles. The van der Waals surface area contributed by atoms with Crippen molar-refractivity contribution in [3.8, 4) is 0 Å². The molecule has 0 amide bonds. The number of anilines is 3. The molecule has 0 saturated heterocycles. The Hall–Kier alpha value is -0.900. The molecule has 0 bridgehead atoms. The molecule has 0 radical (unpaired) electrons. The molecule has 2 rings (SSSR count). The Morgan fingerprint density at radius 2 is 1.65 bits per heavy atom. The predicted molar refractivity (Wildman–Crippen MR) is 78.3 cm³/mol. The number of nitrogen functional groups attached to an aromatic ring is 1. The summed E-state index contributed by atoms with van der Waals surface area (Å²) in [7, 11) is 0. The highest BCUT2D eigenvalue weighted by Gasteiger charge is 2.02. The maximum atomic E-state index is 5.92. The topological polar surface area (TPSA) is 38.0 Å². The van der Waals surface area contributed by atoms with Crippen molar-refractivity contribution in [2.45, 2.75) is 0 Å². The van der Waals surface area contributed by atoms with Crippen LogP contribution in [0.25, 0.3) is 0 Å². The third-order valence-corrected chi connectivity index (χ3v) is 3.08. The van der Waals surface area contributed by atoms with E-state index in [0.29, 0.717) is 15.7 Å². The maximum Gasteiger partial charge on any atom is 0.0618 e. The maximum absolute atomic E-state index is 5.92. The minimum Gasteiger partial charge on any atom is -0.397 e. The van der Waals surface area contributed by atoms with Gasteiger partial charge in [-0.15, -0.1) is 0 Å². The van der Waals surface area contributed by atoms with Crippen molar-refractivity contribution in [3.05, 3.63) is 50.9 Å². The normalized spacial score (nSPS) is 10.3. The molecule has 0 heterocycles. The van der Waals surface area contributed by atoms with E-state index in [-0.39, 0.29) is 0 Å². The van der Waals surface area contributed by atoms with Crippen LogP contribution in [0.15, 0.2) is 40.9 Å². The molecule has 0 spiro atoms. The zero-order chi connectivity index (χ0) is 12.4. The summed E-state index contributed by atoms with van der Waals surface area (Å²) in [4.78, 5) is 0. The van der Waals surface area contributed by atoms with Gasteiger partial charge in [0.15, 0.2) is 0 Å². The summed E-state index contributed by atoms with van der Waals surface area (Å²) >= 11 is 15.2. The van der Waals surface area contributed by atoms with Gasteiger partial charge in [-0.25, -0.2) is 0 Å². The number of benzene rings is 2. The number of halogens is 3. The highest BCUT2D eigenvalue weighted by Crippen LogP contribution is 2.29. The lowest BCUT2D eigenvalue weighted by Gasteiger charge is -2.10. The highest BCUT2D eigenvalue weighted by molar-refractivity contribution is 9.10. The molecule has 5 heteroatoms. The fraction of sp³-hybridized carbons (Fsp3) is 0. The summed E-state index contributed by atoms with van der Waals surface area (Å²) in [6, 6.07) is 10.9. The summed E-state index contributed by atoms with van der Waals surface area (Å²) in [6.07, 6.45) is 0. The van der Waals surface area contributed by atoms with E-state index in [1.807, 2.05) is 18.2 Å². The van der Waals surface area contributed by atoms with Crippen LogP contribution in [-0.4, -0.2) is 0 Å². The van der Waals surface area contributed by atoms with Crippen LogP contribution in [0.3, 0.4) is 0 Å². The monoisotopic (exact) mass is 330 g/mol. The second-order valence-electron chi connectivity index (χ2n) is 3.51. The van der Waals surface area contributed by atoms with E-state index in [9.17, 15) is 0 Å². The van der Waals surface area contributed by atoms with E-state index in [1.165, 1.54) is 0 Å². The SMILES string of the molecule is Nc1cc(Br)ccc1Nc1cc(Cl)cc(Cl)c1. The van der Waals surface area contributed by atoms with Crippen molar-refractivity contribution < 1.29 is 0 Å². The Kier molecular flexibility index (Phi) is 3.82. The van der Waals surface area contributed by atoms with Gasteiger partial charge in [-0.2, -0.15) is 0 Å². The van der Waals surface area contributed by atoms with Crippen LogP contribution >= 0.6 is 39.1 Å². The van der Waals surface area contributed by atoms with Gasteiger partial charge in [-0.1, -0.05) is 39.1 Å². The molecule has 2 aromatic carbocycles. The van der Waals surface area contributed by atoms with Gasteiger partial charge in [0.1, 0.15) is 0 Å². The Morgan fingerprint density at radius 1 is 1.00 bits per heavy atom. The highest BCUT2D eigenvalue weighted by atomic mass is 79.9. The van der Waals surface area contributed by atoms with Crippen LogP contribution in [-0.2, 0) is 0 Å². The quantitative estimate of drug-likeness (QED) is 0.753. The van der Waals surface area contributed by atoms with Gasteiger partial charge < -0.3 is 11.1 Å². The number of rotatable bonds is 2. The van der Waals surface area contributed by atoms with Gasteiger partial charge in [-0.05, 0) is 36.4 Å². The molecule has 0 saturated carbocycles. The summed E-state index contributed by atoms with van der Waals surface area (Å²) in [5.41, 5.74) is 8.15. The van der Waals surface area contributed by atoms with Crippen LogP contribution in [0.5, 0.6) is 0 Å². The Labute approximate surface area is 118 Å². The third-order valence-electron chi connectivity index (χ3n) is 2.16. The summed E-state index contributed by atoms with van der Waals surface area (Å²) < 4.78 is 0.935. The largest absolute Gasteiger partial charge is 0.397 e. The first-order valence-corrected chi connectivity index (χ1v) is 6.37. The molecule has 0 unspecified atom stereocenters. The Balaban J connectivity index is 2.31. The Bertz CT molecular complexity index is 538. The third kappa shape index (κ3) is 3.28. The molecule has 0 aliphatic heterocycles. The van der Waals surface area contributed by atoms with Crippen LogP contribution in [0.4, 0.5) is 17.1 Å². The number of hydrogen-bond acceptors (Lipinski definition) is 2. The van der Waals surface area contributed by atoms with Gasteiger partial charge >= 0.3 is 0 Å². The van der Waals surface area contributed by atoms with Gasteiger partial charge in [0.05, 0.1) is 11.4 Å². The predicted octanol–water partition coefficient (Wildman–Crippen LogP) is 5.08. The molecule has 0 fully saturated rings. The average Bonchev–Trinajstić information content (AvgIpc) is 2.21. The number of nitrogens with one attached hydrogen (secondary N) is 1. The fourth-order valence-corrected chi connectivity index (χ4v) is 2.33. The van der Waals surface area contributed by atoms with E-state index in [0.717, 1.165) is 15.8 Å². The summed E-state index contributed by atoms with van der Waals surface area (Å²) in [6.45, 7) is 0. The van der Waals surface area contributed by atoms with Crippen LogP contribution in [0.1, 0.15) is 0 Å². The standard InChI is InChI=1S/C12H9BrCl2N2/c13-7-1-2-12(11(16)3-7)17-10-5-8(14)4-9(15)6-10/h1-6,17H,16H2. The molecule has 0 aliphatic rings. The first-order valence-electron chi connectivity index (χ1n) is 4.83. The second-order valence-corrected chi connectivity index (χ2v) is 5.30. The van der Waals surface area contributed by atoms with Gasteiger partial charge in [0.25, 0.3) is 0 Å². The van der Waals surface area contributed by atoms with Gasteiger partial charge in [0, 0.05) is 20.2 Å². The molecular weight excluding hydrogens is 323 g/mol. The molecule has 3 N–H and O–H groups in total. The second kappa shape index (κ2) is 5.17. The van der Waals surface area contributed by atoms with E-state index in [1.54, 1.807) is 18.2 Å². The van der Waals surface area contributed by atoms with Crippen molar-refractivity contribution in [3.63, 3.8) is 0 Å². The smallest absolute Gasteiger partial charge is 0.0618 e. The van der Waals surface area contributed by atoms with E-state index in [2.05, 4.69) is 21.2 Å². The lowest BCUT2D eigenvalue weighted by molar-refractivity contribution is 1.53. The average molecular weight is 332 g/mol. The van der Waals surface area contributed by atoms with Crippen molar-refractivity contribution in [1.82, 2.24) is 0 Å². The van der Waals surface area contributed by atoms with E-state index >= 15 is 0 Å². The Morgan fingerprint density at radius 3 is 2.24 bits per heavy atom. The van der Waals surface area contributed by atoms with Crippen LogP contribution in [0, 0.1) is 0 Å². The van der Waals surface area contributed by atoms with Gasteiger partial charge in [-0.3, -0.25) is 0 Å². The number of hydrogen-bond donors (Lipinski definition) is 2. The van der Waals surface area contributed by atoms with E-state index in [4.69, 9.17) is 28.9 Å². The van der Waals surface area contributed by atoms with Crippen molar-refractivity contribution >= 4 is 56.2 Å². The van der Waals surface area contributed by atoms with Gasteiger partial charge in [0.2, 0.25) is 0 Å². The zero-order valence-electron chi connectivity index (χ0n) is 8.68.